The summed E-state index contributed by atoms with van der Waals surface area (Å²) in [7, 11) is 5.97. The van der Waals surface area contributed by atoms with Crippen molar-refractivity contribution in [3.05, 3.63) is 23.8 Å². The van der Waals surface area contributed by atoms with E-state index in [0.29, 0.717) is 12.1 Å². The van der Waals surface area contributed by atoms with E-state index in [2.05, 4.69) is 49.4 Å². The molecule has 0 heterocycles. The first-order valence-corrected chi connectivity index (χ1v) is 7.19. The molecular weight excluding hydrogens is 236 g/mol. The second kappa shape index (κ2) is 6.29. The van der Waals surface area contributed by atoms with Crippen molar-refractivity contribution in [3.63, 3.8) is 0 Å². The summed E-state index contributed by atoms with van der Waals surface area (Å²) >= 11 is 0. The highest BCUT2D eigenvalue weighted by Crippen LogP contribution is 2.27. The Morgan fingerprint density at radius 3 is 2.58 bits per heavy atom. The maximum atomic E-state index is 5.61. The number of rotatable bonds is 4. The smallest absolute Gasteiger partial charge is 0.0772 e. The number of nitrogens with one attached hydrogen (secondary N) is 1. The van der Waals surface area contributed by atoms with Crippen LogP contribution >= 0.6 is 0 Å². The molecule has 1 aromatic carbocycles. The van der Waals surface area contributed by atoms with E-state index in [4.69, 9.17) is 4.74 Å². The van der Waals surface area contributed by atoms with E-state index in [9.17, 15) is 0 Å². The van der Waals surface area contributed by atoms with Crippen LogP contribution in [0.5, 0.6) is 0 Å². The summed E-state index contributed by atoms with van der Waals surface area (Å²) in [6, 6.07) is 7.03. The van der Waals surface area contributed by atoms with Gasteiger partial charge in [0.2, 0.25) is 0 Å². The van der Waals surface area contributed by atoms with Gasteiger partial charge in [-0.15, -0.1) is 0 Å². The zero-order valence-electron chi connectivity index (χ0n) is 12.6. The van der Waals surface area contributed by atoms with E-state index in [1.807, 2.05) is 7.11 Å². The molecule has 0 amide bonds. The number of ether oxygens (including phenoxy) is 1. The summed E-state index contributed by atoms with van der Waals surface area (Å²) in [4.78, 5) is 2.13. The molecule has 3 heteroatoms. The largest absolute Gasteiger partial charge is 0.379 e. The molecule has 0 aliphatic heterocycles. The maximum absolute atomic E-state index is 5.61. The third kappa shape index (κ3) is 3.41. The SMILES string of the molecule is COC1CCCCC1Nc1ccc(N(C)C)cc1C. The van der Waals surface area contributed by atoms with E-state index >= 15 is 0 Å². The van der Waals surface area contributed by atoms with Gasteiger partial charge in [-0.05, 0) is 43.5 Å². The van der Waals surface area contributed by atoms with Crippen molar-refractivity contribution in [1.29, 1.82) is 0 Å². The first-order chi connectivity index (χ1) is 9.11. The molecule has 0 aromatic heterocycles. The van der Waals surface area contributed by atoms with E-state index in [1.54, 1.807) is 0 Å². The lowest BCUT2D eigenvalue weighted by molar-refractivity contribution is 0.0606. The molecule has 1 fully saturated rings. The predicted molar refractivity (Wildman–Crippen MR) is 82.2 cm³/mol. The van der Waals surface area contributed by atoms with Gasteiger partial charge in [-0.1, -0.05) is 12.8 Å². The van der Waals surface area contributed by atoms with Crippen molar-refractivity contribution in [2.24, 2.45) is 0 Å². The van der Waals surface area contributed by atoms with Crippen molar-refractivity contribution in [1.82, 2.24) is 0 Å². The van der Waals surface area contributed by atoms with Crippen molar-refractivity contribution in [3.8, 4) is 0 Å². The number of aryl methyl sites for hydroxylation is 1. The Balaban J connectivity index is 2.09. The van der Waals surface area contributed by atoms with Gasteiger partial charge in [0, 0.05) is 32.6 Å². The minimum atomic E-state index is 0.349. The first kappa shape index (κ1) is 14.2. The minimum absolute atomic E-state index is 0.349. The third-order valence-corrected chi connectivity index (χ3v) is 4.07. The second-order valence-electron chi connectivity index (χ2n) is 5.70. The van der Waals surface area contributed by atoms with Crippen LogP contribution in [0.2, 0.25) is 0 Å². The summed E-state index contributed by atoms with van der Waals surface area (Å²) in [6.07, 6.45) is 5.31. The molecule has 106 valence electrons. The average Bonchev–Trinajstić information content (AvgIpc) is 2.41. The maximum Gasteiger partial charge on any atom is 0.0772 e. The summed E-state index contributed by atoms with van der Waals surface area (Å²) < 4.78 is 5.61. The van der Waals surface area contributed by atoms with Crippen LogP contribution in [0.4, 0.5) is 11.4 Å². The van der Waals surface area contributed by atoms with E-state index in [1.165, 1.54) is 42.6 Å². The van der Waals surface area contributed by atoms with E-state index < -0.39 is 0 Å². The normalized spacial score (nSPS) is 23.2. The molecule has 1 N–H and O–H groups in total. The number of methoxy groups -OCH3 is 1. The number of anilines is 2. The average molecular weight is 262 g/mol. The van der Waals surface area contributed by atoms with Crippen molar-refractivity contribution in [2.45, 2.75) is 44.8 Å². The molecule has 2 atom stereocenters. The van der Waals surface area contributed by atoms with E-state index in [-0.39, 0.29) is 0 Å². The van der Waals surface area contributed by atoms with Gasteiger partial charge >= 0.3 is 0 Å². The molecule has 2 rings (SSSR count). The second-order valence-corrected chi connectivity index (χ2v) is 5.70. The molecule has 0 radical (unpaired) electrons. The lowest BCUT2D eigenvalue weighted by Gasteiger charge is -2.32. The molecule has 0 bridgehead atoms. The van der Waals surface area contributed by atoms with Gasteiger partial charge in [0.05, 0.1) is 12.1 Å². The van der Waals surface area contributed by atoms with Crippen molar-refractivity contribution < 1.29 is 4.74 Å². The fraction of sp³-hybridized carbons (Fsp3) is 0.625. The van der Waals surface area contributed by atoms with Crippen molar-refractivity contribution >= 4 is 11.4 Å². The van der Waals surface area contributed by atoms with Crippen LogP contribution in [-0.2, 0) is 4.74 Å². The van der Waals surface area contributed by atoms with Crippen LogP contribution in [0.25, 0.3) is 0 Å². The van der Waals surface area contributed by atoms with Crippen LogP contribution in [0.15, 0.2) is 18.2 Å². The Hall–Kier alpha value is -1.22. The number of hydrogen-bond donors (Lipinski definition) is 1. The van der Waals surface area contributed by atoms with Crippen LogP contribution in [0, 0.1) is 6.92 Å². The number of hydrogen-bond acceptors (Lipinski definition) is 3. The monoisotopic (exact) mass is 262 g/mol. The van der Waals surface area contributed by atoms with Crippen LogP contribution in [-0.4, -0.2) is 33.4 Å². The summed E-state index contributed by atoms with van der Waals surface area (Å²) in [6.45, 7) is 2.17. The molecule has 1 aliphatic rings. The van der Waals surface area contributed by atoms with Gasteiger partial charge in [-0.25, -0.2) is 0 Å². The summed E-state index contributed by atoms with van der Waals surface area (Å²) in [5.41, 5.74) is 3.78. The minimum Gasteiger partial charge on any atom is -0.379 e. The van der Waals surface area contributed by atoms with Crippen LogP contribution in [0.3, 0.4) is 0 Å². The van der Waals surface area contributed by atoms with Crippen molar-refractivity contribution in [2.75, 3.05) is 31.4 Å². The van der Waals surface area contributed by atoms with Gasteiger partial charge in [-0.3, -0.25) is 0 Å². The lowest BCUT2D eigenvalue weighted by Crippen LogP contribution is -2.37. The van der Waals surface area contributed by atoms with Crippen LogP contribution in [0.1, 0.15) is 31.2 Å². The molecule has 1 aliphatic carbocycles. The predicted octanol–water partition coefficient (Wildman–Crippen LogP) is 3.43. The quantitative estimate of drug-likeness (QED) is 0.899. The van der Waals surface area contributed by atoms with E-state index in [0.717, 1.165) is 0 Å². The molecule has 1 aromatic rings. The Bertz CT molecular complexity index is 417. The fourth-order valence-electron chi connectivity index (χ4n) is 2.83. The molecule has 0 saturated heterocycles. The Morgan fingerprint density at radius 2 is 1.95 bits per heavy atom. The highest BCUT2D eigenvalue weighted by Gasteiger charge is 2.24. The molecule has 2 unspecified atom stereocenters. The number of nitrogens with zero attached hydrogens (tertiary/aromatic N) is 1. The highest BCUT2D eigenvalue weighted by molar-refractivity contribution is 5.60. The van der Waals surface area contributed by atoms with Gasteiger partial charge in [0.25, 0.3) is 0 Å². The Labute approximate surface area is 116 Å². The molecule has 0 spiro atoms. The molecule has 3 nitrogen and oxygen atoms in total. The summed E-state index contributed by atoms with van der Waals surface area (Å²) in [5, 5.41) is 3.67. The highest BCUT2D eigenvalue weighted by atomic mass is 16.5. The lowest BCUT2D eigenvalue weighted by atomic mass is 9.92. The topological polar surface area (TPSA) is 24.5 Å². The van der Waals surface area contributed by atoms with Gasteiger partial charge < -0.3 is 15.0 Å². The van der Waals surface area contributed by atoms with Gasteiger partial charge in [0.15, 0.2) is 0 Å². The molecular formula is C16H26N2O. The Kier molecular flexibility index (Phi) is 4.70. The standard InChI is InChI=1S/C16H26N2O/c1-12-11-13(18(2)3)9-10-14(12)17-15-7-5-6-8-16(15)19-4/h9-11,15-17H,5-8H2,1-4H3. The summed E-state index contributed by atoms with van der Waals surface area (Å²) in [5.74, 6) is 0. The third-order valence-electron chi connectivity index (χ3n) is 4.07. The zero-order chi connectivity index (χ0) is 13.8. The zero-order valence-corrected chi connectivity index (χ0v) is 12.6. The molecule has 19 heavy (non-hydrogen) atoms. The van der Waals surface area contributed by atoms with Gasteiger partial charge in [-0.2, -0.15) is 0 Å². The first-order valence-electron chi connectivity index (χ1n) is 7.19. The fourth-order valence-corrected chi connectivity index (χ4v) is 2.83. The molecule has 1 saturated carbocycles. The Morgan fingerprint density at radius 1 is 1.21 bits per heavy atom. The number of benzene rings is 1. The van der Waals surface area contributed by atoms with Crippen LogP contribution < -0.4 is 10.2 Å². The van der Waals surface area contributed by atoms with Gasteiger partial charge in [0.1, 0.15) is 0 Å².